The van der Waals surface area contributed by atoms with Crippen molar-refractivity contribution in [2.24, 2.45) is 4.99 Å². The second-order valence-electron chi connectivity index (χ2n) is 5.91. The number of hydrogen-bond donors (Lipinski definition) is 1. The number of nitrogens with one attached hydrogen (secondary N) is 1. The van der Waals surface area contributed by atoms with E-state index in [0.717, 1.165) is 0 Å². The van der Waals surface area contributed by atoms with Crippen LogP contribution in [0.1, 0.15) is 33.3 Å². The van der Waals surface area contributed by atoms with Crippen molar-refractivity contribution in [1.82, 2.24) is 5.32 Å². The first-order valence-corrected chi connectivity index (χ1v) is 9.78. The molecular formula is C26H32N2. The molecule has 0 saturated heterocycles. The van der Waals surface area contributed by atoms with Gasteiger partial charge in [-0.2, -0.15) is 0 Å². The van der Waals surface area contributed by atoms with Crippen LogP contribution in [0, 0.1) is 0 Å². The summed E-state index contributed by atoms with van der Waals surface area (Å²) >= 11 is 0. The molecule has 0 fully saturated rings. The molecule has 1 aliphatic rings. The van der Waals surface area contributed by atoms with Crippen LogP contribution in [0.15, 0.2) is 102 Å². The molecule has 2 aromatic rings. The van der Waals surface area contributed by atoms with Crippen LogP contribution in [0.4, 0.5) is 0 Å². The van der Waals surface area contributed by atoms with E-state index in [1.165, 1.54) is 21.9 Å². The minimum Gasteiger partial charge on any atom is -0.384 e. The van der Waals surface area contributed by atoms with Crippen LogP contribution in [0.3, 0.4) is 0 Å². The molecule has 0 aromatic heterocycles. The van der Waals surface area contributed by atoms with Gasteiger partial charge in [-0.15, -0.1) is 0 Å². The predicted octanol–water partition coefficient (Wildman–Crippen LogP) is 7.09. The molecule has 146 valence electrons. The molecule has 1 N–H and O–H groups in total. The highest BCUT2D eigenvalue weighted by molar-refractivity contribution is 5.90. The maximum Gasteiger partial charge on any atom is 0.0414 e. The number of allylic oxidation sites excluding steroid dienone is 6. The Balaban J connectivity index is 0.000000372. The molecule has 0 amide bonds. The number of nitrogens with zero attached hydrogens (tertiary/aromatic N) is 1. The van der Waals surface area contributed by atoms with E-state index in [-0.39, 0.29) is 0 Å². The normalized spacial score (nSPS) is 15.6. The van der Waals surface area contributed by atoms with E-state index in [1.54, 1.807) is 6.20 Å². The highest BCUT2D eigenvalue weighted by atomic mass is 14.9. The average Bonchev–Trinajstić information content (AvgIpc) is 2.76. The Morgan fingerprint density at radius 3 is 2.43 bits per heavy atom. The molecule has 0 bridgehead atoms. The highest BCUT2D eigenvalue weighted by Crippen LogP contribution is 2.20. The largest absolute Gasteiger partial charge is 0.384 e. The summed E-state index contributed by atoms with van der Waals surface area (Å²) in [6, 6.07) is 15.3. The van der Waals surface area contributed by atoms with Crippen LogP contribution >= 0.6 is 0 Å². The summed E-state index contributed by atoms with van der Waals surface area (Å²) in [7, 11) is 0. The number of dihydropyridines is 1. The van der Waals surface area contributed by atoms with Crippen molar-refractivity contribution in [2.45, 2.75) is 33.7 Å². The van der Waals surface area contributed by atoms with Crippen molar-refractivity contribution < 1.29 is 0 Å². The molecule has 0 saturated carbocycles. The number of rotatable bonds is 4. The van der Waals surface area contributed by atoms with Gasteiger partial charge in [0.15, 0.2) is 0 Å². The third kappa shape index (κ3) is 8.05. The Labute approximate surface area is 170 Å². The van der Waals surface area contributed by atoms with Crippen LogP contribution in [-0.4, -0.2) is 12.8 Å². The van der Waals surface area contributed by atoms with E-state index < -0.39 is 0 Å². The van der Waals surface area contributed by atoms with E-state index in [2.05, 4.69) is 96.9 Å². The lowest BCUT2D eigenvalue weighted by Gasteiger charge is -2.12. The van der Waals surface area contributed by atoms with Gasteiger partial charge in [-0.1, -0.05) is 92.8 Å². The van der Waals surface area contributed by atoms with Gasteiger partial charge in [0.25, 0.3) is 0 Å². The second kappa shape index (κ2) is 14.0. The number of hydrogen-bond acceptors (Lipinski definition) is 2. The minimum atomic E-state index is 0.426. The zero-order valence-corrected chi connectivity index (χ0v) is 17.5. The second-order valence-corrected chi connectivity index (χ2v) is 5.91. The summed E-state index contributed by atoms with van der Waals surface area (Å²) in [6.45, 7) is 11.4. The van der Waals surface area contributed by atoms with E-state index in [4.69, 9.17) is 0 Å². The number of fused-ring (bicyclic) bond motifs is 1. The minimum absolute atomic E-state index is 0.426. The molecular weight excluding hydrogens is 340 g/mol. The summed E-state index contributed by atoms with van der Waals surface area (Å²) < 4.78 is 0. The molecule has 1 atom stereocenters. The molecule has 1 aliphatic heterocycles. The zero-order valence-electron chi connectivity index (χ0n) is 17.5. The lowest BCUT2D eigenvalue weighted by atomic mass is 10.0. The van der Waals surface area contributed by atoms with Crippen LogP contribution in [0.2, 0.25) is 0 Å². The van der Waals surface area contributed by atoms with Gasteiger partial charge < -0.3 is 5.32 Å². The van der Waals surface area contributed by atoms with Gasteiger partial charge in [0.05, 0.1) is 0 Å². The first kappa shape index (κ1) is 22.9. The smallest absolute Gasteiger partial charge is 0.0414 e. The molecule has 2 aromatic carbocycles. The van der Waals surface area contributed by atoms with Crippen LogP contribution in [0.5, 0.6) is 0 Å². The fourth-order valence-corrected chi connectivity index (χ4v) is 2.49. The van der Waals surface area contributed by atoms with Crippen LogP contribution in [-0.2, 0) is 0 Å². The van der Waals surface area contributed by atoms with E-state index >= 15 is 0 Å². The predicted molar refractivity (Wildman–Crippen MR) is 128 cm³/mol. The Hall–Kier alpha value is -3.13. The standard InChI is InChI=1S/C18H17N.C6H9N.C2H6/c1-14-9-10-15(13-19-14)11-12-17-7-4-6-16-5-2-3-8-18(16)17;1-3-4-5-6-7-2;1-2/h2-14,19H,1H3;3-6H,2H2,1H3;1-2H3/b12-11+;4-3-,6-5-;. The van der Waals surface area contributed by atoms with Crippen molar-refractivity contribution in [2.75, 3.05) is 0 Å². The van der Waals surface area contributed by atoms with Gasteiger partial charge in [-0.05, 0) is 48.6 Å². The zero-order chi connectivity index (χ0) is 20.6. The van der Waals surface area contributed by atoms with Gasteiger partial charge in [0, 0.05) is 18.4 Å². The summed E-state index contributed by atoms with van der Waals surface area (Å²) in [5, 5.41) is 5.88. The Morgan fingerprint density at radius 1 is 1.00 bits per heavy atom. The van der Waals surface area contributed by atoms with E-state index in [1.807, 2.05) is 39.0 Å². The molecule has 1 heterocycles. The molecule has 0 radical (unpaired) electrons. The molecule has 0 spiro atoms. The Morgan fingerprint density at radius 2 is 1.75 bits per heavy atom. The summed E-state index contributed by atoms with van der Waals surface area (Å²) in [5.74, 6) is 0. The van der Waals surface area contributed by atoms with Gasteiger partial charge in [0.1, 0.15) is 0 Å². The summed E-state index contributed by atoms with van der Waals surface area (Å²) in [5.41, 5.74) is 2.46. The van der Waals surface area contributed by atoms with Crippen molar-refractivity contribution in [3.8, 4) is 0 Å². The fraction of sp³-hybridized carbons (Fsp3) is 0.192. The maximum atomic E-state index is 3.49. The molecule has 3 rings (SSSR count). The average molecular weight is 373 g/mol. The maximum absolute atomic E-state index is 3.49. The van der Waals surface area contributed by atoms with Crippen molar-refractivity contribution >= 4 is 23.6 Å². The van der Waals surface area contributed by atoms with Gasteiger partial charge in [-0.3, -0.25) is 4.99 Å². The van der Waals surface area contributed by atoms with Crippen LogP contribution in [0.25, 0.3) is 16.8 Å². The highest BCUT2D eigenvalue weighted by Gasteiger charge is 2.00. The van der Waals surface area contributed by atoms with Crippen LogP contribution < -0.4 is 5.32 Å². The van der Waals surface area contributed by atoms with Crippen molar-refractivity contribution in [3.63, 3.8) is 0 Å². The summed E-state index contributed by atoms with van der Waals surface area (Å²) in [6.07, 6.45) is 18.0. The molecule has 2 nitrogen and oxygen atoms in total. The Kier molecular flexibility index (Phi) is 11.4. The topological polar surface area (TPSA) is 24.4 Å². The lowest BCUT2D eigenvalue weighted by Crippen LogP contribution is -2.20. The molecule has 28 heavy (non-hydrogen) atoms. The molecule has 2 heteroatoms. The number of aliphatic imine (C=N–C) groups is 1. The SMILES string of the molecule is C=N/C=C\C=C/C.CC.CC1C=CC(/C=C/c2cccc3ccccc23)=CN1. The van der Waals surface area contributed by atoms with E-state index in [9.17, 15) is 0 Å². The third-order valence-corrected chi connectivity index (χ3v) is 3.86. The van der Waals surface area contributed by atoms with Gasteiger partial charge >= 0.3 is 0 Å². The fourth-order valence-electron chi connectivity index (χ4n) is 2.49. The monoisotopic (exact) mass is 372 g/mol. The van der Waals surface area contributed by atoms with E-state index in [0.29, 0.717) is 6.04 Å². The number of benzene rings is 2. The molecule has 1 unspecified atom stereocenters. The van der Waals surface area contributed by atoms with Gasteiger partial charge in [-0.25, -0.2) is 0 Å². The lowest BCUT2D eigenvalue weighted by molar-refractivity contribution is 0.756. The third-order valence-electron chi connectivity index (χ3n) is 3.86. The van der Waals surface area contributed by atoms with Gasteiger partial charge in [0.2, 0.25) is 0 Å². The first-order valence-electron chi connectivity index (χ1n) is 9.78. The quantitative estimate of drug-likeness (QED) is 0.450. The van der Waals surface area contributed by atoms with Crippen molar-refractivity contribution in [3.05, 3.63) is 102 Å². The first-order chi connectivity index (χ1) is 13.7. The summed E-state index contributed by atoms with van der Waals surface area (Å²) in [4.78, 5) is 3.49. The van der Waals surface area contributed by atoms with Crippen molar-refractivity contribution in [1.29, 1.82) is 0 Å². The Bertz CT molecular complexity index is 862. The molecule has 0 aliphatic carbocycles.